The van der Waals surface area contributed by atoms with Gasteiger partial charge in [0.15, 0.2) is 0 Å². The zero-order valence-electron chi connectivity index (χ0n) is 12.7. The Hall–Kier alpha value is -2.69. The number of allylic oxidation sites excluding steroid dienone is 1. The maximum Gasteiger partial charge on any atom is 0.278 e. The second-order valence-electron chi connectivity index (χ2n) is 5.30. The van der Waals surface area contributed by atoms with E-state index in [2.05, 4.69) is 10.2 Å². The Morgan fingerprint density at radius 3 is 2.55 bits per heavy atom. The Bertz CT molecular complexity index is 811. The summed E-state index contributed by atoms with van der Waals surface area (Å²) in [5.41, 5.74) is -0.585. The fourth-order valence-corrected chi connectivity index (χ4v) is 2.33. The Balaban J connectivity index is 1.88. The molecule has 1 heterocycles. The average molecular weight is 296 g/mol. The van der Waals surface area contributed by atoms with Gasteiger partial charge in [0.2, 0.25) is 5.78 Å². The first-order valence-corrected chi connectivity index (χ1v) is 6.93. The molecule has 0 aromatic heterocycles. The number of hydrogen-bond donors (Lipinski definition) is 0. The van der Waals surface area contributed by atoms with E-state index >= 15 is 0 Å². The zero-order valence-corrected chi connectivity index (χ0v) is 12.7. The normalized spacial score (nSPS) is 21.2. The summed E-state index contributed by atoms with van der Waals surface area (Å²) in [5.74, 6) is 1.16. The minimum absolute atomic E-state index is 0.195. The molecule has 3 rings (SSSR count). The molecule has 112 valence electrons. The van der Waals surface area contributed by atoms with Gasteiger partial charge in [0.1, 0.15) is 11.5 Å². The SMILES string of the molecule is COc1ccc2cc(/N=N/C3(C)OC(C)=CC3=O)ccc2c1. The summed E-state index contributed by atoms with van der Waals surface area (Å²) in [7, 11) is 1.64. The van der Waals surface area contributed by atoms with Crippen LogP contribution in [0.2, 0.25) is 0 Å². The van der Waals surface area contributed by atoms with E-state index in [0.29, 0.717) is 11.4 Å². The summed E-state index contributed by atoms with van der Waals surface area (Å²) in [6.45, 7) is 3.33. The zero-order chi connectivity index (χ0) is 15.7. The first-order valence-electron chi connectivity index (χ1n) is 6.93. The van der Waals surface area contributed by atoms with Crippen LogP contribution in [0.5, 0.6) is 5.75 Å². The van der Waals surface area contributed by atoms with Crippen molar-refractivity contribution < 1.29 is 14.3 Å². The number of ketones is 1. The number of fused-ring (bicyclic) bond motifs is 1. The van der Waals surface area contributed by atoms with Crippen molar-refractivity contribution in [2.24, 2.45) is 10.2 Å². The lowest BCUT2D eigenvalue weighted by Gasteiger charge is -2.16. The molecule has 0 aliphatic carbocycles. The lowest BCUT2D eigenvalue weighted by Crippen LogP contribution is -2.29. The first kappa shape index (κ1) is 14.3. The molecule has 0 spiro atoms. The molecule has 2 aromatic carbocycles. The van der Waals surface area contributed by atoms with E-state index in [4.69, 9.17) is 9.47 Å². The van der Waals surface area contributed by atoms with E-state index in [1.165, 1.54) is 6.08 Å². The smallest absolute Gasteiger partial charge is 0.278 e. The van der Waals surface area contributed by atoms with Crippen LogP contribution in [0.25, 0.3) is 10.8 Å². The Labute approximate surface area is 128 Å². The summed E-state index contributed by atoms with van der Waals surface area (Å²) in [6, 6.07) is 11.5. The van der Waals surface area contributed by atoms with Crippen LogP contribution in [0.4, 0.5) is 5.69 Å². The highest BCUT2D eigenvalue weighted by Crippen LogP contribution is 2.29. The highest BCUT2D eigenvalue weighted by Gasteiger charge is 2.39. The number of rotatable bonds is 3. The molecule has 0 saturated carbocycles. The third kappa shape index (κ3) is 2.57. The number of methoxy groups -OCH3 is 1. The van der Waals surface area contributed by atoms with Crippen LogP contribution >= 0.6 is 0 Å². The Kier molecular flexibility index (Phi) is 3.41. The van der Waals surface area contributed by atoms with Gasteiger partial charge in [-0.1, -0.05) is 12.1 Å². The molecule has 0 radical (unpaired) electrons. The highest BCUT2D eigenvalue weighted by atomic mass is 16.5. The van der Waals surface area contributed by atoms with E-state index in [1.807, 2.05) is 36.4 Å². The molecule has 0 saturated heterocycles. The molecule has 0 bridgehead atoms. The highest BCUT2D eigenvalue weighted by molar-refractivity contribution is 5.98. The van der Waals surface area contributed by atoms with Crippen LogP contribution in [0.1, 0.15) is 13.8 Å². The van der Waals surface area contributed by atoms with E-state index in [0.717, 1.165) is 16.5 Å². The van der Waals surface area contributed by atoms with Crippen molar-refractivity contribution >= 4 is 22.2 Å². The van der Waals surface area contributed by atoms with Gasteiger partial charge >= 0.3 is 0 Å². The van der Waals surface area contributed by atoms with Gasteiger partial charge in [-0.2, -0.15) is 5.11 Å². The van der Waals surface area contributed by atoms with Crippen molar-refractivity contribution in [3.05, 3.63) is 48.2 Å². The van der Waals surface area contributed by atoms with Crippen molar-refractivity contribution in [1.29, 1.82) is 0 Å². The van der Waals surface area contributed by atoms with Crippen LogP contribution in [0.15, 0.2) is 58.5 Å². The second kappa shape index (κ2) is 5.26. The predicted octanol–water partition coefficient (Wildman–Crippen LogP) is 4.15. The molecule has 1 unspecified atom stereocenters. The molecule has 1 atom stereocenters. The lowest BCUT2D eigenvalue weighted by molar-refractivity contribution is -0.128. The third-order valence-corrected chi connectivity index (χ3v) is 3.54. The topological polar surface area (TPSA) is 60.3 Å². The maximum atomic E-state index is 11.8. The summed E-state index contributed by atoms with van der Waals surface area (Å²) < 4.78 is 10.6. The van der Waals surface area contributed by atoms with Crippen molar-refractivity contribution in [3.63, 3.8) is 0 Å². The molecule has 0 fully saturated rings. The summed E-state index contributed by atoms with van der Waals surface area (Å²) in [6.07, 6.45) is 1.44. The number of ether oxygens (including phenoxy) is 2. The summed E-state index contributed by atoms with van der Waals surface area (Å²) in [5, 5.41) is 10.3. The van der Waals surface area contributed by atoms with Gasteiger partial charge < -0.3 is 9.47 Å². The van der Waals surface area contributed by atoms with Gasteiger partial charge in [-0.3, -0.25) is 4.79 Å². The summed E-state index contributed by atoms with van der Waals surface area (Å²) in [4.78, 5) is 11.8. The van der Waals surface area contributed by atoms with Gasteiger partial charge in [0.05, 0.1) is 12.8 Å². The van der Waals surface area contributed by atoms with Gasteiger partial charge in [0, 0.05) is 13.0 Å². The molecule has 5 nitrogen and oxygen atoms in total. The standard InChI is InChI=1S/C17H16N2O3/c1-11-8-16(20)17(2,22-11)19-18-14-6-4-13-10-15(21-3)7-5-12(13)9-14/h4-10H,1-3H3/b19-18+. The third-order valence-electron chi connectivity index (χ3n) is 3.54. The fourth-order valence-electron chi connectivity index (χ4n) is 2.33. The number of hydrogen-bond acceptors (Lipinski definition) is 5. The quantitative estimate of drug-likeness (QED) is 0.799. The lowest BCUT2D eigenvalue weighted by atomic mass is 10.1. The van der Waals surface area contributed by atoms with Gasteiger partial charge in [0.25, 0.3) is 5.72 Å². The number of nitrogens with zero attached hydrogens (tertiary/aromatic N) is 2. The average Bonchev–Trinajstić information content (AvgIpc) is 2.77. The monoisotopic (exact) mass is 296 g/mol. The number of carbonyl (C=O) groups excluding carboxylic acids is 1. The largest absolute Gasteiger partial charge is 0.497 e. The van der Waals surface area contributed by atoms with Gasteiger partial charge in [-0.15, -0.1) is 5.11 Å². The van der Waals surface area contributed by atoms with E-state index in [1.54, 1.807) is 21.0 Å². The second-order valence-corrected chi connectivity index (χ2v) is 5.30. The fraction of sp³-hybridized carbons (Fsp3) is 0.235. The Morgan fingerprint density at radius 2 is 1.86 bits per heavy atom. The molecule has 1 aliphatic rings. The molecule has 1 aliphatic heterocycles. The number of benzene rings is 2. The molecule has 0 N–H and O–H groups in total. The van der Waals surface area contributed by atoms with E-state index < -0.39 is 5.72 Å². The molecule has 0 amide bonds. The maximum absolute atomic E-state index is 11.8. The van der Waals surface area contributed by atoms with Crippen LogP contribution in [0.3, 0.4) is 0 Å². The van der Waals surface area contributed by atoms with Crippen LogP contribution in [0, 0.1) is 0 Å². The predicted molar refractivity (Wildman–Crippen MR) is 83.3 cm³/mol. The van der Waals surface area contributed by atoms with Crippen molar-refractivity contribution in [3.8, 4) is 5.75 Å². The summed E-state index contributed by atoms with van der Waals surface area (Å²) >= 11 is 0. The number of azo groups is 1. The number of carbonyl (C=O) groups is 1. The van der Waals surface area contributed by atoms with Crippen LogP contribution in [-0.2, 0) is 9.53 Å². The molecular weight excluding hydrogens is 280 g/mol. The molecule has 2 aromatic rings. The first-order chi connectivity index (χ1) is 10.5. The molecular formula is C17H16N2O3. The van der Waals surface area contributed by atoms with Crippen molar-refractivity contribution in [1.82, 2.24) is 0 Å². The van der Waals surface area contributed by atoms with E-state index in [9.17, 15) is 4.79 Å². The Morgan fingerprint density at radius 1 is 1.14 bits per heavy atom. The molecule has 22 heavy (non-hydrogen) atoms. The van der Waals surface area contributed by atoms with Crippen LogP contribution < -0.4 is 4.74 Å². The minimum atomic E-state index is -1.25. The van der Waals surface area contributed by atoms with Crippen molar-refractivity contribution in [2.75, 3.05) is 7.11 Å². The van der Waals surface area contributed by atoms with Crippen LogP contribution in [-0.4, -0.2) is 18.6 Å². The van der Waals surface area contributed by atoms with E-state index in [-0.39, 0.29) is 5.78 Å². The van der Waals surface area contributed by atoms with Gasteiger partial charge in [-0.25, -0.2) is 0 Å². The molecule has 5 heteroatoms. The van der Waals surface area contributed by atoms with Crippen molar-refractivity contribution in [2.45, 2.75) is 19.6 Å². The minimum Gasteiger partial charge on any atom is -0.497 e. The van der Waals surface area contributed by atoms with Gasteiger partial charge in [-0.05, 0) is 42.0 Å².